The fourth-order valence-electron chi connectivity index (χ4n) is 10.8. The van der Waals surface area contributed by atoms with Crippen molar-refractivity contribution < 1.29 is 108 Å². The molecule has 0 bridgehead atoms. The highest BCUT2D eigenvalue weighted by Gasteiger charge is 2.64. The molecule has 24 nitrogen and oxygen atoms in total. The molecule has 0 aromatic carbocycles. The zero-order valence-electron chi connectivity index (χ0n) is 71.0. The summed E-state index contributed by atoms with van der Waals surface area (Å²) in [5.41, 5.74) is 0. The van der Waals surface area contributed by atoms with E-state index >= 15 is 18.3 Å². The Kier molecular flexibility index (Phi) is 51.3. The predicted molar refractivity (Wildman–Crippen MR) is 449 cm³/mol. The maximum Gasteiger partial charge on any atom is 0.465 e. The van der Waals surface area contributed by atoms with E-state index in [0.29, 0.717) is 19.3 Å². The summed E-state index contributed by atoms with van der Waals surface area (Å²) in [6, 6.07) is 0. The molecule has 0 radical (unpaired) electrons. The monoisotopic (exact) mass is 1720 g/mol. The number of esters is 2. The number of ether oxygens (including phenoxy) is 6. The molecule has 35 heteroatoms. The summed E-state index contributed by atoms with van der Waals surface area (Å²) in [4.78, 5) is 27.6. The lowest BCUT2D eigenvalue weighted by Crippen LogP contribution is -2.67. The topological polar surface area (TPSA) is 269 Å². The van der Waals surface area contributed by atoms with Crippen molar-refractivity contribution in [1.29, 1.82) is 0 Å². The lowest BCUT2D eigenvalue weighted by Gasteiger charge is -2.51. The van der Waals surface area contributed by atoms with E-state index in [-0.39, 0.29) is 12.8 Å². The van der Waals surface area contributed by atoms with E-state index in [9.17, 15) is 9.59 Å². The van der Waals surface area contributed by atoms with Crippen LogP contribution in [0.5, 0.6) is 0 Å². The van der Waals surface area contributed by atoms with Gasteiger partial charge in [-0.2, -0.15) is 0 Å². The van der Waals surface area contributed by atoms with Crippen LogP contribution in [0.4, 0.5) is 0 Å². The van der Waals surface area contributed by atoms with E-state index in [2.05, 4.69) is 50.3 Å². The summed E-state index contributed by atoms with van der Waals surface area (Å²) in [5.74, 6) is -1.16. The minimum absolute atomic E-state index is 0.0233. The predicted octanol–water partition coefficient (Wildman–Crippen LogP) is 23.8. The Labute approximate surface area is 656 Å². The molecule has 1 fully saturated rings. The Morgan fingerprint density at radius 2 is 0.598 bits per heavy atom. The lowest BCUT2D eigenvalue weighted by atomic mass is 9.84. The molecule has 0 aliphatic heterocycles. The van der Waals surface area contributed by atoms with Crippen molar-refractivity contribution in [2.45, 2.75) is 361 Å². The highest BCUT2D eigenvalue weighted by molar-refractivity contribution is 7.53. The summed E-state index contributed by atoms with van der Waals surface area (Å²) in [7, 11) is -38.5. The van der Waals surface area contributed by atoms with E-state index in [4.69, 9.17) is 80.5 Å². The summed E-state index contributed by atoms with van der Waals surface area (Å²) in [6.07, 6.45) is 29.9. The third-order valence-electron chi connectivity index (χ3n) is 14.7. The van der Waals surface area contributed by atoms with Crippen LogP contribution in [0, 0.1) is 0 Å². The molecule has 0 aromatic rings. The molecule has 0 saturated heterocycles. The molecule has 0 amide bonds. The van der Waals surface area contributed by atoms with Crippen molar-refractivity contribution in [1.82, 2.24) is 0 Å². The number of phosphoric acid groups is 4. The molecule has 0 heterocycles. The molecule has 1 aliphatic rings. The van der Waals surface area contributed by atoms with Crippen molar-refractivity contribution in [3.63, 3.8) is 0 Å². The quantitative estimate of drug-likeness (QED) is 0.0137. The fraction of sp³-hybridized carbons (Fsp3) is 0.861. The van der Waals surface area contributed by atoms with Crippen LogP contribution >= 0.6 is 31.3 Å². The normalized spacial score (nSPS) is 19.6. The van der Waals surface area contributed by atoms with E-state index in [0.717, 1.165) is 51.4 Å². The van der Waals surface area contributed by atoms with Crippen LogP contribution in [-0.2, 0) is 108 Å². The summed E-state index contributed by atoms with van der Waals surface area (Å²) < 4.78 is 180. The zero-order valence-corrected chi connectivity index (χ0v) is 81.5. The van der Waals surface area contributed by atoms with Crippen LogP contribution in [0.3, 0.4) is 0 Å². The van der Waals surface area contributed by atoms with Gasteiger partial charge in [0.15, 0.2) is 64.3 Å². The number of unbranched alkanes of at least 4 members (excludes halogenated alkanes) is 18. The Morgan fingerprint density at radius 1 is 0.327 bits per heavy atom. The maximum absolute atomic E-state index is 16.4. The second-order valence-corrected chi connectivity index (χ2v) is 73.7. The van der Waals surface area contributed by atoms with E-state index < -0.39 is 171 Å². The fourth-order valence-corrected chi connectivity index (χ4v) is 35.1. The number of rotatable bonds is 64. The largest absolute Gasteiger partial charge is 0.465 e. The molecule has 630 valence electrons. The smallest absolute Gasteiger partial charge is 0.462 e. The molecular weight excluding hydrogens is 1570 g/mol. The number of hydrogen-bond donors (Lipinski definition) is 0. The van der Waals surface area contributed by atoms with Crippen molar-refractivity contribution in [2.75, 3.05) is 41.0 Å². The van der Waals surface area contributed by atoms with Gasteiger partial charge in [0.05, 0.1) is 6.61 Å². The zero-order chi connectivity index (χ0) is 81.3. The van der Waals surface area contributed by atoms with E-state index in [1.165, 1.54) is 97.7 Å². The average Bonchev–Trinajstić information content (AvgIpc) is 0.737. The number of hydrogen-bond acceptors (Lipinski definition) is 24. The number of carbonyl (C=O) groups excluding carboxylic acids is 2. The van der Waals surface area contributed by atoms with Gasteiger partial charge in [0.25, 0.3) is 0 Å². The standard InChI is InChI=1S/C72H150O24P4Si7/c1-26-28-30-32-34-36-38-40-42-43-45-47-49-51-53-55-57-59-66(74)85-64(60-81-65(73)58-56-54-52-50-48-46-44-41-39-37-35-33-31-29-27-2)61-84-97(75,90-101(5,6)7)86-69-67(82-62-79-3)70(87-98(76,91-102(8,9)10)92-103(11,12)13)72(89-100(78,95-106(20,21)22)96-107(23,24)25)71(68(69)83-63-80-4)88-99(77,93-104(14,15)16)94-105(17,18)19/h34,36,40,42,45,47,51,53,64,67-72H,26-33,35,37-39,41,43-44,46,48-50,52,54-63H2,1-25H3/b36-34-,42-40-,47-45-,53-51-/t64-,67+,68+,69?,70-,71+,72?,97?/m1/s1. The highest BCUT2D eigenvalue weighted by atomic mass is 31.2. The minimum Gasteiger partial charge on any atom is -0.462 e. The third-order valence-corrected chi connectivity index (χ3v) is 38.8. The second kappa shape index (κ2) is 52.4. The highest BCUT2D eigenvalue weighted by Crippen LogP contribution is 2.65. The van der Waals surface area contributed by atoms with Crippen LogP contribution in [0.25, 0.3) is 0 Å². The van der Waals surface area contributed by atoms with Gasteiger partial charge in [-0.05, 0) is 189 Å². The number of allylic oxidation sites excluding steroid dienone is 8. The van der Waals surface area contributed by atoms with Gasteiger partial charge in [0.2, 0.25) is 0 Å². The minimum atomic E-state index is -5.21. The van der Waals surface area contributed by atoms with Gasteiger partial charge in [-0.1, -0.05) is 165 Å². The Balaban J connectivity index is 4.25. The molecule has 3 unspecified atom stereocenters. The number of carbonyl (C=O) groups is 2. The van der Waals surface area contributed by atoms with Gasteiger partial charge in [0.1, 0.15) is 56.8 Å². The van der Waals surface area contributed by atoms with E-state index in [1.54, 1.807) is 137 Å². The van der Waals surface area contributed by atoms with Crippen molar-refractivity contribution in [3.05, 3.63) is 48.6 Å². The molecular formula is C72H150O24P4Si7. The van der Waals surface area contributed by atoms with Crippen molar-refractivity contribution >= 4 is 101 Å². The van der Waals surface area contributed by atoms with Gasteiger partial charge < -0.3 is 57.9 Å². The molecule has 0 spiro atoms. The Hall–Kier alpha value is -0.302. The summed E-state index contributed by atoms with van der Waals surface area (Å²) in [6.45, 7) is 39.2. The first-order valence-electron chi connectivity index (χ1n) is 39.4. The van der Waals surface area contributed by atoms with Crippen molar-refractivity contribution in [3.8, 4) is 0 Å². The lowest BCUT2D eigenvalue weighted by molar-refractivity contribution is -0.257. The van der Waals surface area contributed by atoms with Gasteiger partial charge in [-0.15, -0.1) is 0 Å². The van der Waals surface area contributed by atoms with Crippen LogP contribution in [-0.4, -0.2) is 154 Å². The van der Waals surface area contributed by atoms with E-state index in [1.807, 2.05) is 12.2 Å². The van der Waals surface area contributed by atoms with Crippen LogP contribution in [0.2, 0.25) is 137 Å². The Bertz CT molecular complexity index is 2640. The molecule has 8 atom stereocenters. The van der Waals surface area contributed by atoms with Gasteiger partial charge in [-0.25, -0.2) is 18.3 Å². The first-order valence-corrected chi connectivity index (χ1v) is 69.1. The first-order chi connectivity index (χ1) is 49.5. The molecule has 1 saturated carbocycles. The van der Waals surface area contributed by atoms with Crippen LogP contribution in [0.15, 0.2) is 48.6 Å². The summed E-state index contributed by atoms with van der Waals surface area (Å²) >= 11 is 0. The SMILES string of the molecule is CCCCC/C=C\C/C=C\C/C=C\C/C=C\CCCC(=O)O[C@H](COC(=O)CCCCCCCCCCCCCCCCC)COP(=O)(OC1[C@H](OCOC)[C@H](OP(=O)(O[Si](C)(C)C)O[Si](C)(C)C)C(OP(=O)(O[Si](C)(C)C)O[Si](C)(C)C)[C@H](OP(=O)(O[Si](C)(C)C)O[Si](C)(C)C)[C@H]1OCOC)O[Si](C)(C)C. The summed E-state index contributed by atoms with van der Waals surface area (Å²) in [5, 5.41) is 0. The third kappa shape index (κ3) is 54.3. The van der Waals surface area contributed by atoms with Gasteiger partial charge in [0, 0.05) is 27.1 Å². The first kappa shape index (κ1) is 105. The second-order valence-electron chi connectivity index (χ2n) is 34.3. The number of phosphoric ester groups is 1. The van der Waals surface area contributed by atoms with Crippen LogP contribution in [0.1, 0.15) is 181 Å². The molecule has 0 N–H and O–H groups in total. The number of methoxy groups -OCH3 is 2. The average molecular weight is 1720 g/mol. The maximum atomic E-state index is 16.4. The van der Waals surface area contributed by atoms with Gasteiger partial charge >= 0.3 is 43.2 Å². The molecule has 1 aliphatic carbocycles. The molecule has 0 aromatic heterocycles. The van der Waals surface area contributed by atoms with Crippen molar-refractivity contribution in [2.24, 2.45) is 0 Å². The molecule has 1 rings (SSSR count). The Morgan fingerprint density at radius 3 is 0.935 bits per heavy atom. The van der Waals surface area contributed by atoms with Crippen LogP contribution < -0.4 is 0 Å². The van der Waals surface area contributed by atoms with Gasteiger partial charge in [-0.3, -0.25) is 32.2 Å². The molecule has 107 heavy (non-hydrogen) atoms.